The van der Waals surface area contributed by atoms with Crippen LogP contribution >= 0.6 is 11.8 Å². The molecule has 1 N–H and O–H groups in total. The van der Waals surface area contributed by atoms with Crippen molar-refractivity contribution in [3.8, 4) is 0 Å². The van der Waals surface area contributed by atoms with Crippen LogP contribution in [0.1, 0.15) is 23.4 Å². The number of benzene rings is 1. The van der Waals surface area contributed by atoms with Crippen molar-refractivity contribution in [1.29, 1.82) is 0 Å². The summed E-state index contributed by atoms with van der Waals surface area (Å²) >= 11 is 1.67. The first kappa shape index (κ1) is 9.59. The molecule has 0 unspecified atom stereocenters. The van der Waals surface area contributed by atoms with Crippen molar-refractivity contribution in [3.63, 3.8) is 0 Å². The maximum atomic E-state index is 11.3. The number of aryl methyl sites for hydroxylation is 1. The molecule has 0 spiro atoms. The molecule has 0 saturated carbocycles. The number of carbonyl (C=O) groups excluding carboxylic acids is 1. The van der Waals surface area contributed by atoms with Gasteiger partial charge in [0.25, 0.3) is 0 Å². The molecule has 2 rings (SSSR count). The van der Waals surface area contributed by atoms with Gasteiger partial charge in [0.2, 0.25) is 5.91 Å². The number of carbonyl (C=O) groups is 1. The summed E-state index contributed by atoms with van der Waals surface area (Å²) < 4.78 is 0. The molecule has 0 aliphatic carbocycles. The molecular formula is C11H13NOS. The summed E-state index contributed by atoms with van der Waals surface area (Å²) in [6.45, 7) is 4.00. The Bertz CT molecular complexity index is 347. The molecule has 1 fully saturated rings. The van der Waals surface area contributed by atoms with Crippen LogP contribution in [0.5, 0.6) is 0 Å². The molecule has 0 bridgehead atoms. The van der Waals surface area contributed by atoms with Crippen LogP contribution in [0.3, 0.4) is 0 Å². The van der Waals surface area contributed by atoms with Crippen molar-refractivity contribution in [2.75, 3.05) is 0 Å². The second-order valence-electron chi connectivity index (χ2n) is 3.58. The second-order valence-corrected chi connectivity index (χ2v) is 5.03. The molecular weight excluding hydrogens is 194 g/mol. The van der Waals surface area contributed by atoms with E-state index in [0.717, 1.165) is 0 Å². The van der Waals surface area contributed by atoms with E-state index in [9.17, 15) is 4.79 Å². The second kappa shape index (κ2) is 3.65. The lowest BCUT2D eigenvalue weighted by Gasteiger charge is -2.09. The van der Waals surface area contributed by atoms with Gasteiger partial charge in [0.15, 0.2) is 0 Å². The molecule has 1 aromatic carbocycles. The van der Waals surface area contributed by atoms with Crippen molar-refractivity contribution in [2.45, 2.75) is 24.5 Å². The Morgan fingerprint density at radius 2 is 1.93 bits per heavy atom. The van der Waals surface area contributed by atoms with Gasteiger partial charge in [0.1, 0.15) is 5.37 Å². The summed E-state index contributed by atoms with van der Waals surface area (Å²) in [5.74, 6) is 0.139. The van der Waals surface area contributed by atoms with E-state index in [4.69, 9.17) is 0 Å². The fraction of sp³-hybridized carbons (Fsp3) is 0.364. The minimum absolute atomic E-state index is 0.0707. The average molecular weight is 207 g/mol. The molecule has 74 valence electrons. The third kappa shape index (κ3) is 1.77. The molecule has 0 aromatic heterocycles. The van der Waals surface area contributed by atoms with Crippen LogP contribution in [0.4, 0.5) is 0 Å². The van der Waals surface area contributed by atoms with Crippen LogP contribution in [-0.2, 0) is 4.79 Å². The highest BCUT2D eigenvalue weighted by atomic mass is 32.2. The summed E-state index contributed by atoms with van der Waals surface area (Å²) in [5.41, 5.74) is 2.43. The lowest BCUT2D eigenvalue weighted by molar-refractivity contribution is -0.119. The molecule has 1 heterocycles. The van der Waals surface area contributed by atoms with Crippen molar-refractivity contribution in [2.24, 2.45) is 0 Å². The summed E-state index contributed by atoms with van der Waals surface area (Å²) in [5, 5.41) is 3.17. The smallest absolute Gasteiger partial charge is 0.234 e. The van der Waals surface area contributed by atoms with E-state index in [1.165, 1.54) is 11.1 Å². The van der Waals surface area contributed by atoms with Crippen LogP contribution < -0.4 is 5.32 Å². The Morgan fingerprint density at radius 1 is 1.29 bits per heavy atom. The van der Waals surface area contributed by atoms with E-state index in [0.29, 0.717) is 0 Å². The van der Waals surface area contributed by atoms with Crippen molar-refractivity contribution in [3.05, 3.63) is 35.4 Å². The average Bonchev–Trinajstić information content (AvgIpc) is 2.48. The van der Waals surface area contributed by atoms with Crippen molar-refractivity contribution in [1.82, 2.24) is 5.32 Å². The van der Waals surface area contributed by atoms with Crippen LogP contribution in [0.15, 0.2) is 24.3 Å². The molecule has 1 saturated heterocycles. The standard InChI is InChI=1S/C11H13NOS/c1-7-3-5-9(6-4-7)11-12-10(13)8(2)14-11/h3-6,8,11H,1-2H3,(H,12,13)/t8-,11+/m1/s1. The van der Waals surface area contributed by atoms with E-state index in [-0.39, 0.29) is 16.5 Å². The highest BCUT2D eigenvalue weighted by Crippen LogP contribution is 2.35. The van der Waals surface area contributed by atoms with E-state index >= 15 is 0 Å². The zero-order valence-corrected chi connectivity index (χ0v) is 9.10. The summed E-state index contributed by atoms with van der Waals surface area (Å²) in [7, 11) is 0. The molecule has 2 nitrogen and oxygen atoms in total. The molecule has 1 aliphatic heterocycles. The Kier molecular flexibility index (Phi) is 2.50. The van der Waals surface area contributed by atoms with Crippen molar-refractivity contribution < 1.29 is 4.79 Å². The number of hydrogen-bond donors (Lipinski definition) is 1. The lowest BCUT2D eigenvalue weighted by atomic mass is 10.1. The normalized spacial score (nSPS) is 26.3. The lowest BCUT2D eigenvalue weighted by Crippen LogP contribution is -2.22. The topological polar surface area (TPSA) is 29.1 Å². The first-order chi connectivity index (χ1) is 6.66. The third-order valence-electron chi connectivity index (χ3n) is 2.36. The predicted octanol–water partition coefficient (Wildman–Crippen LogP) is 2.25. The summed E-state index contributed by atoms with van der Waals surface area (Å²) in [6.07, 6.45) is 0. The highest BCUT2D eigenvalue weighted by Gasteiger charge is 2.29. The number of thioether (sulfide) groups is 1. The van der Waals surface area contributed by atoms with Gasteiger partial charge in [-0.1, -0.05) is 29.8 Å². The van der Waals surface area contributed by atoms with E-state index in [1.807, 2.05) is 6.92 Å². The fourth-order valence-electron chi connectivity index (χ4n) is 1.45. The molecule has 14 heavy (non-hydrogen) atoms. The Hall–Kier alpha value is -0.960. The Labute approximate surface area is 88.1 Å². The largest absolute Gasteiger partial charge is 0.339 e. The monoisotopic (exact) mass is 207 g/mol. The van der Waals surface area contributed by atoms with E-state index < -0.39 is 0 Å². The molecule has 1 aliphatic rings. The summed E-state index contributed by atoms with van der Waals surface area (Å²) in [6, 6.07) is 8.30. The maximum absolute atomic E-state index is 11.3. The third-order valence-corrected chi connectivity index (χ3v) is 3.65. The SMILES string of the molecule is Cc1ccc([C@H]2NC(=O)[C@@H](C)S2)cc1. The van der Waals surface area contributed by atoms with Crippen LogP contribution in [-0.4, -0.2) is 11.2 Å². The molecule has 1 amide bonds. The van der Waals surface area contributed by atoms with Gasteiger partial charge in [-0.25, -0.2) is 0 Å². The van der Waals surface area contributed by atoms with E-state index in [2.05, 4.69) is 36.5 Å². The zero-order chi connectivity index (χ0) is 10.1. The van der Waals surface area contributed by atoms with Crippen LogP contribution in [0, 0.1) is 6.92 Å². The number of nitrogens with one attached hydrogen (secondary N) is 1. The quantitative estimate of drug-likeness (QED) is 0.765. The highest BCUT2D eigenvalue weighted by molar-refractivity contribution is 8.01. The number of hydrogen-bond acceptors (Lipinski definition) is 2. The van der Waals surface area contributed by atoms with Gasteiger partial charge in [-0.05, 0) is 19.4 Å². The zero-order valence-electron chi connectivity index (χ0n) is 8.28. The predicted molar refractivity (Wildman–Crippen MR) is 59.1 cm³/mol. The van der Waals surface area contributed by atoms with Gasteiger partial charge in [0.05, 0.1) is 5.25 Å². The number of rotatable bonds is 1. The van der Waals surface area contributed by atoms with Crippen LogP contribution in [0.2, 0.25) is 0 Å². The van der Waals surface area contributed by atoms with Gasteiger partial charge in [0, 0.05) is 0 Å². The van der Waals surface area contributed by atoms with Gasteiger partial charge >= 0.3 is 0 Å². The Balaban J connectivity index is 2.17. The first-order valence-corrected chi connectivity index (χ1v) is 5.63. The van der Waals surface area contributed by atoms with Gasteiger partial charge in [-0.3, -0.25) is 4.79 Å². The van der Waals surface area contributed by atoms with Gasteiger partial charge < -0.3 is 5.32 Å². The minimum atomic E-state index is 0.0707. The molecule has 3 heteroatoms. The fourth-order valence-corrected chi connectivity index (χ4v) is 2.55. The van der Waals surface area contributed by atoms with Crippen LogP contribution in [0.25, 0.3) is 0 Å². The van der Waals surface area contributed by atoms with Gasteiger partial charge in [-0.2, -0.15) is 0 Å². The van der Waals surface area contributed by atoms with Gasteiger partial charge in [-0.15, -0.1) is 11.8 Å². The summed E-state index contributed by atoms with van der Waals surface area (Å²) in [4.78, 5) is 11.3. The first-order valence-electron chi connectivity index (χ1n) is 4.69. The Morgan fingerprint density at radius 3 is 2.43 bits per heavy atom. The number of amides is 1. The molecule has 0 radical (unpaired) electrons. The maximum Gasteiger partial charge on any atom is 0.234 e. The molecule has 1 aromatic rings. The molecule has 2 atom stereocenters. The van der Waals surface area contributed by atoms with E-state index in [1.54, 1.807) is 11.8 Å². The minimum Gasteiger partial charge on any atom is -0.339 e. The van der Waals surface area contributed by atoms with Crippen molar-refractivity contribution >= 4 is 17.7 Å².